The number of nitrogens with two attached hydrogens (primary N) is 1. The zero-order valence-electron chi connectivity index (χ0n) is 20.4. The molecule has 5 rings (SSSR count). The van der Waals surface area contributed by atoms with Gasteiger partial charge in [-0.3, -0.25) is 4.79 Å². The van der Waals surface area contributed by atoms with Crippen LogP contribution in [-0.4, -0.2) is 62.7 Å². The van der Waals surface area contributed by atoms with E-state index in [1.54, 1.807) is 12.3 Å². The van der Waals surface area contributed by atoms with Crippen LogP contribution in [0.2, 0.25) is 0 Å². The molecule has 2 aliphatic heterocycles. The normalized spacial score (nSPS) is 17.7. The highest BCUT2D eigenvalue weighted by Crippen LogP contribution is 2.36. The number of anilines is 1. The molecule has 0 unspecified atom stereocenters. The second kappa shape index (κ2) is 11.2. The number of aromatic nitrogens is 1. The van der Waals surface area contributed by atoms with Crippen molar-refractivity contribution in [1.82, 2.24) is 10.3 Å². The van der Waals surface area contributed by atoms with Gasteiger partial charge in [0, 0.05) is 50.3 Å². The molecule has 188 valence electrons. The van der Waals surface area contributed by atoms with Gasteiger partial charge in [-0.25, -0.2) is 9.98 Å². The summed E-state index contributed by atoms with van der Waals surface area (Å²) in [7, 11) is 0. The fourth-order valence-electron chi connectivity index (χ4n) is 4.42. The van der Waals surface area contributed by atoms with E-state index in [0.29, 0.717) is 42.8 Å². The van der Waals surface area contributed by atoms with Gasteiger partial charge in [0.2, 0.25) is 0 Å². The number of thiophene rings is 1. The average Bonchev–Trinajstić information content (AvgIpc) is 3.34. The molecule has 1 aromatic carbocycles. The number of fused-ring (bicyclic) bond motifs is 1. The first-order valence-electron chi connectivity index (χ1n) is 12.3. The number of carbonyl (C=O) groups is 1. The van der Waals surface area contributed by atoms with E-state index in [-0.39, 0.29) is 11.9 Å². The van der Waals surface area contributed by atoms with Crippen LogP contribution in [0.4, 0.5) is 11.5 Å². The fourth-order valence-corrected chi connectivity index (χ4v) is 5.47. The van der Waals surface area contributed by atoms with Crippen LogP contribution in [0.1, 0.15) is 33.6 Å². The Hall–Kier alpha value is -3.27. The third kappa shape index (κ3) is 5.75. The number of hydrogen-bond donors (Lipinski definition) is 2. The van der Waals surface area contributed by atoms with Gasteiger partial charge in [-0.2, -0.15) is 0 Å². The molecule has 2 saturated heterocycles. The number of ether oxygens (including phenoxy) is 2. The van der Waals surface area contributed by atoms with Crippen LogP contribution in [0, 0.1) is 6.92 Å². The van der Waals surface area contributed by atoms with Crippen LogP contribution in [0.15, 0.2) is 47.5 Å². The standard InChI is InChI=1S/C27H31N5O3S/c1-18-3-2-4-19(15-18)21(28)5-8-29-25-17-23(32-9-13-35-14-10-32)26-22(31-25)16-24(36-26)27(33)30-20-6-11-34-12-7-20/h2-5,8,15-17,20H,6-7,9-14,28H2,1H3,(H,30,33)/b21-5-,29-8?. The molecule has 0 saturated carbocycles. The van der Waals surface area contributed by atoms with Crippen molar-refractivity contribution in [2.24, 2.45) is 10.7 Å². The predicted octanol–water partition coefficient (Wildman–Crippen LogP) is 4.05. The Labute approximate surface area is 214 Å². The lowest BCUT2D eigenvalue weighted by molar-refractivity contribution is 0.0698. The molecule has 0 spiro atoms. The van der Waals surface area contributed by atoms with E-state index < -0.39 is 0 Å². The number of pyridine rings is 1. The van der Waals surface area contributed by atoms with Gasteiger partial charge >= 0.3 is 0 Å². The topological polar surface area (TPSA) is 102 Å². The smallest absolute Gasteiger partial charge is 0.261 e. The molecule has 1 amide bonds. The Bertz CT molecular complexity index is 1290. The molecular formula is C27H31N5O3S. The van der Waals surface area contributed by atoms with Gasteiger partial charge in [0.15, 0.2) is 5.82 Å². The zero-order chi connectivity index (χ0) is 24.9. The Morgan fingerprint density at radius 2 is 1.94 bits per heavy atom. The van der Waals surface area contributed by atoms with E-state index in [1.165, 1.54) is 11.3 Å². The van der Waals surface area contributed by atoms with Crippen molar-refractivity contribution < 1.29 is 14.3 Å². The number of aryl methyl sites for hydroxylation is 1. The Kier molecular flexibility index (Phi) is 7.60. The van der Waals surface area contributed by atoms with Crippen molar-refractivity contribution in [2.45, 2.75) is 25.8 Å². The van der Waals surface area contributed by atoms with Crippen LogP contribution < -0.4 is 16.0 Å². The molecule has 2 aromatic heterocycles. The maximum Gasteiger partial charge on any atom is 0.261 e. The van der Waals surface area contributed by atoms with Crippen LogP contribution in [-0.2, 0) is 9.47 Å². The highest BCUT2D eigenvalue weighted by atomic mass is 32.1. The van der Waals surface area contributed by atoms with Crippen molar-refractivity contribution in [2.75, 3.05) is 44.4 Å². The molecule has 36 heavy (non-hydrogen) atoms. The molecule has 0 radical (unpaired) electrons. The molecule has 4 heterocycles. The summed E-state index contributed by atoms with van der Waals surface area (Å²) in [6.07, 6.45) is 5.15. The van der Waals surface area contributed by atoms with Gasteiger partial charge < -0.3 is 25.4 Å². The minimum atomic E-state index is -0.0586. The molecule has 2 aliphatic rings. The number of benzene rings is 1. The van der Waals surface area contributed by atoms with Crippen molar-refractivity contribution >= 4 is 50.9 Å². The predicted molar refractivity (Wildman–Crippen MR) is 145 cm³/mol. The van der Waals surface area contributed by atoms with Crippen LogP contribution in [0.5, 0.6) is 0 Å². The van der Waals surface area contributed by atoms with Crippen LogP contribution in [0.3, 0.4) is 0 Å². The summed E-state index contributed by atoms with van der Waals surface area (Å²) >= 11 is 1.48. The second-order valence-corrected chi connectivity index (χ2v) is 10.1. The van der Waals surface area contributed by atoms with E-state index in [4.69, 9.17) is 20.2 Å². The average molecular weight is 506 g/mol. The first-order valence-corrected chi connectivity index (χ1v) is 13.1. The SMILES string of the molecule is Cc1cccc(/C(N)=C/C=Nc2cc(N3CCOCC3)c3sc(C(=O)NC4CCOCC4)cc3n2)c1. The number of aliphatic imine (C=N–C) groups is 1. The highest BCUT2D eigenvalue weighted by Gasteiger charge is 2.22. The summed E-state index contributed by atoms with van der Waals surface area (Å²) in [5, 5.41) is 3.15. The zero-order valence-corrected chi connectivity index (χ0v) is 21.2. The summed E-state index contributed by atoms with van der Waals surface area (Å²) in [6, 6.07) is 12.0. The van der Waals surface area contributed by atoms with Gasteiger partial charge in [0.05, 0.1) is 34.0 Å². The van der Waals surface area contributed by atoms with Crippen molar-refractivity contribution in [3.8, 4) is 0 Å². The molecular weight excluding hydrogens is 474 g/mol. The number of amides is 1. The third-order valence-corrected chi connectivity index (χ3v) is 7.54. The molecule has 0 bridgehead atoms. The van der Waals surface area contributed by atoms with E-state index in [2.05, 4.69) is 15.2 Å². The summed E-state index contributed by atoms with van der Waals surface area (Å²) in [4.78, 5) is 25.3. The molecule has 3 N–H and O–H groups in total. The Morgan fingerprint density at radius 3 is 2.72 bits per heavy atom. The van der Waals surface area contributed by atoms with Crippen molar-refractivity contribution in [1.29, 1.82) is 0 Å². The van der Waals surface area contributed by atoms with Gasteiger partial charge in [0.25, 0.3) is 5.91 Å². The first kappa shape index (κ1) is 24.4. The van der Waals surface area contributed by atoms with Crippen LogP contribution >= 0.6 is 11.3 Å². The number of allylic oxidation sites excluding steroid dienone is 1. The van der Waals surface area contributed by atoms with Gasteiger partial charge in [-0.05, 0) is 43.5 Å². The lowest BCUT2D eigenvalue weighted by Gasteiger charge is -2.29. The van der Waals surface area contributed by atoms with Gasteiger partial charge in [-0.1, -0.05) is 23.8 Å². The number of hydrogen-bond acceptors (Lipinski definition) is 8. The molecule has 9 heteroatoms. The molecule has 8 nitrogen and oxygen atoms in total. The van der Waals surface area contributed by atoms with E-state index in [0.717, 1.165) is 53.0 Å². The highest BCUT2D eigenvalue weighted by molar-refractivity contribution is 7.21. The summed E-state index contributed by atoms with van der Waals surface area (Å²) < 4.78 is 12.0. The van der Waals surface area contributed by atoms with Crippen molar-refractivity contribution in [3.05, 3.63) is 58.5 Å². The largest absolute Gasteiger partial charge is 0.398 e. The fraction of sp³-hybridized carbons (Fsp3) is 0.370. The number of rotatable bonds is 6. The minimum Gasteiger partial charge on any atom is -0.398 e. The maximum atomic E-state index is 13.0. The Balaban J connectivity index is 1.43. The lowest BCUT2D eigenvalue weighted by Crippen LogP contribution is -2.38. The summed E-state index contributed by atoms with van der Waals surface area (Å²) in [5.41, 5.74) is 10.8. The number of morpholine rings is 1. The summed E-state index contributed by atoms with van der Waals surface area (Å²) in [5.74, 6) is 0.517. The van der Waals surface area contributed by atoms with Gasteiger partial charge in [-0.15, -0.1) is 11.3 Å². The molecule has 0 aliphatic carbocycles. The van der Waals surface area contributed by atoms with E-state index in [1.807, 2.05) is 43.3 Å². The first-order chi connectivity index (χ1) is 17.6. The molecule has 0 atom stereocenters. The third-order valence-electron chi connectivity index (χ3n) is 6.39. The number of carbonyl (C=O) groups excluding carboxylic acids is 1. The minimum absolute atomic E-state index is 0.0586. The van der Waals surface area contributed by atoms with Gasteiger partial charge in [0.1, 0.15) is 0 Å². The monoisotopic (exact) mass is 505 g/mol. The quantitative estimate of drug-likeness (QED) is 0.490. The number of nitrogens with zero attached hydrogens (tertiary/aromatic N) is 3. The Morgan fingerprint density at radius 1 is 1.17 bits per heavy atom. The molecule has 2 fully saturated rings. The van der Waals surface area contributed by atoms with Crippen molar-refractivity contribution in [3.63, 3.8) is 0 Å². The summed E-state index contributed by atoms with van der Waals surface area (Å²) in [6.45, 7) is 6.31. The maximum absolute atomic E-state index is 13.0. The second-order valence-electron chi connectivity index (χ2n) is 9.05. The molecule has 3 aromatic rings. The lowest BCUT2D eigenvalue weighted by atomic mass is 10.1. The van der Waals surface area contributed by atoms with Crippen LogP contribution in [0.25, 0.3) is 15.9 Å². The van der Waals surface area contributed by atoms with E-state index in [9.17, 15) is 4.79 Å². The van der Waals surface area contributed by atoms with E-state index >= 15 is 0 Å². The number of nitrogens with one attached hydrogen (secondary N) is 1.